The highest BCUT2D eigenvalue weighted by atomic mass is 16.5. The molecule has 4 nitrogen and oxygen atoms in total. The summed E-state index contributed by atoms with van der Waals surface area (Å²) in [5.74, 6) is 0.843. The maximum Gasteiger partial charge on any atom is 0.119 e. The molecule has 0 saturated carbocycles. The van der Waals surface area contributed by atoms with Crippen LogP contribution in [0, 0.1) is 0 Å². The lowest BCUT2D eigenvalue weighted by molar-refractivity contribution is 0.156. The quantitative estimate of drug-likeness (QED) is 0.851. The van der Waals surface area contributed by atoms with E-state index < -0.39 is 6.10 Å². The number of nitrogens with zero attached hydrogens (tertiary/aromatic N) is 2. The van der Waals surface area contributed by atoms with Gasteiger partial charge in [-0.05, 0) is 24.1 Å². The summed E-state index contributed by atoms with van der Waals surface area (Å²) in [5, 5.41) is 10.1. The topological polar surface area (TPSA) is 47.3 Å². The van der Waals surface area contributed by atoms with Gasteiger partial charge >= 0.3 is 0 Å². The number of imidazole rings is 1. The van der Waals surface area contributed by atoms with Crippen molar-refractivity contribution in [2.24, 2.45) is 0 Å². The molecule has 1 atom stereocenters. The molecule has 0 aliphatic carbocycles. The van der Waals surface area contributed by atoms with Gasteiger partial charge in [-0.3, -0.25) is 0 Å². The first-order chi connectivity index (χ1) is 8.79. The lowest BCUT2D eigenvalue weighted by Crippen LogP contribution is -2.07. The number of aliphatic hydroxyl groups is 1. The number of benzene rings is 1. The van der Waals surface area contributed by atoms with Crippen molar-refractivity contribution in [3.8, 4) is 5.75 Å². The minimum absolute atomic E-state index is 0.509. The SMILES string of the molecule is CCCOc1ccc(C(O)Cn2ccnc2)cc1. The molecule has 0 bridgehead atoms. The first-order valence-corrected chi connectivity index (χ1v) is 6.16. The Hall–Kier alpha value is -1.81. The van der Waals surface area contributed by atoms with Gasteiger partial charge in [0, 0.05) is 12.4 Å². The molecule has 0 amide bonds. The fraction of sp³-hybridized carbons (Fsp3) is 0.357. The number of rotatable bonds is 6. The summed E-state index contributed by atoms with van der Waals surface area (Å²) in [4.78, 5) is 3.95. The number of hydrogen-bond acceptors (Lipinski definition) is 3. The molecule has 96 valence electrons. The predicted octanol–water partition coefficient (Wildman–Crippen LogP) is 2.41. The summed E-state index contributed by atoms with van der Waals surface area (Å²) in [6, 6.07) is 7.57. The summed E-state index contributed by atoms with van der Waals surface area (Å²) >= 11 is 0. The Morgan fingerprint density at radius 1 is 1.33 bits per heavy atom. The van der Waals surface area contributed by atoms with E-state index in [9.17, 15) is 5.11 Å². The molecule has 1 heterocycles. The van der Waals surface area contributed by atoms with Crippen molar-refractivity contribution in [2.45, 2.75) is 26.0 Å². The summed E-state index contributed by atoms with van der Waals surface area (Å²) < 4.78 is 7.35. The van der Waals surface area contributed by atoms with Crippen LogP contribution >= 0.6 is 0 Å². The maximum atomic E-state index is 10.1. The highest BCUT2D eigenvalue weighted by molar-refractivity contribution is 5.28. The van der Waals surface area contributed by atoms with E-state index in [1.165, 1.54) is 0 Å². The molecule has 1 N–H and O–H groups in total. The minimum Gasteiger partial charge on any atom is -0.494 e. The van der Waals surface area contributed by atoms with E-state index in [-0.39, 0.29) is 0 Å². The second kappa shape index (κ2) is 6.21. The van der Waals surface area contributed by atoms with Crippen LogP contribution < -0.4 is 4.74 Å². The molecular weight excluding hydrogens is 228 g/mol. The van der Waals surface area contributed by atoms with Gasteiger partial charge in [-0.15, -0.1) is 0 Å². The van der Waals surface area contributed by atoms with E-state index in [0.29, 0.717) is 6.54 Å². The standard InChI is InChI=1S/C14H18N2O2/c1-2-9-18-13-5-3-12(4-6-13)14(17)10-16-8-7-15-11-16/h3-8,11,14,17H,2,9-10H2,1H3. The smallest absolute Gasteiger partial charge is 0.119 e. The van der Waals surface area contributed by atoms with Crippen molar-refractivity contribution in [3.63, 3.8) is 0 Å². The van der Waals surface area contributed by atoms with Gasteiger partial charge in [0.25, 0.3) is 0 Å². The zero-order valence-electron chi connectivity index (χ0n) is 10.5. The van der Waals surface area contributed by atoms with Crippen LogP contribution in [-0.4, -0.2) is 21.3 Å². The van der Waals surface area contributed by atoms with Gasteiger partial charge in [-0.25, -0.2) is 4.98 Å². The van der Waals surface area contributed by atoms with Gasteiger partial charge in [0.15, 0.2) is 0 Å². The Balaban J connectivity index is 1.96. The molecule has 1 aromatic heterocycles. The van der Waals surface area contributed by atoms with Gasteiger partial charge in [0.05, 0.1) is 25.6 Å². The first kappa shape index (κ1) is 12.6. The Bertz CT molecular complexity index is 451. The van der Waals surface area contributed by atoms with Crippen molar-refractivity contribution in [1.82, 2.24) is 9.55 Å². The van der Waals surface area contributed by atoms with Gasteiger partial charge in [-0.1, -0.05) is 19.1 Å². The van der Waals surface area contributed by atoms with Crippen molar-refractivity contribution >= 4 is 0 Å². The molecule has 0 saturated heterocycles. The first-order valence-electron chi connectivity index (χ1n) is 6.16. The van der Waals surface area contributed by atoms with Crippen molar-refractivity contribution in [3.05, 3.63) is 48.5 Å². The van der Waals surface area contributed by atoms with E-state index in [4.69, 9.17) is 4.74 Å². The molecule has 2 aromatic rings. The van der Waals surface area contributed by atoms with Crippen LogP contribution in [0.15, 0.2) is 43.0 Å². The van der Waals surface area contributed by atoms with Gasteiger partial charge in [0.1, 0.15) is 5.75 Å². The molecule has 0 aliphatic heterocycles. The molecule has 0 fully saturated rings. The molecule has 18 heavy (non-hydrogen) atoms. The van der Waals surface area contributed by atoms with Crippen LogP contribution in [0.2, 0.25) is 0 Å². The molecule has 1 aromatic carbocycles. The van der Waals surface area contributed by atoms with Crippen LogP contribution in [0.1, 0.15) is 25.0 Å². The minimum atomic E-state index is -0.528. The Morgan fingerprint density at radius 2 is 2.11 bits per heavy atom. The fourth-order valence-electron chi connectivity index (χ4n) is 1.71. The monoisotopic (exact) mass is 246 g/mol. The van der Waals surface area contributed by atoms with Gasteiger partial charge < -0.3 is 14.4 Å². The second-order valence-electron chi connectivity index (χ2n) is 4.19. The molecular formula is C14H18N2O2. The van der Waals surface area contributed by atoms with Crippen LogP contribution in [0.3, 0.4) is 0 Å². The lowest BCUT2D eigenvalue weighted by atomic mass is 10.1. The van der Waals surface area contributed by atoms with Crippen molar-refractivity contribution in [1.29, 1.82) is 0 Å². The van der Waals surface area contributed by atoms with Gasteiger partial charge in [-0.2, -0.15) is 0 Å². The van der Waals surface area contributed by atoms with Crippen LogP contribution in [0.25, 0.3) is 0 Å². The van der Waals surface area contributed by atoms with Crippen molar-refractivity contribution in [2.75, 3.05) is 6.61 Å². The van der Waals surface area contributed by atoms with E-state index >= 15 is 0 Å². The number of aliphatic hydroxyl groups excluding tert-OH is 1. The molecule has 0 spiro atoms. The molecule has 4 heteroatoms. The number of hydrogen-bond donors (Lipinski definition) is 1. The highest BCUT2D eigenvalue weighted by Crippen LogP contribution is 2.19. The zero-order chi connectivity index (χ0) is 12.8. The third-order valence-electron chi connectivity index (χ3n) is 2.68. The van der Waals surface area contributed by atoms with E-state index in [2.05, 4.69) is 11.9 Å². The summed E-state index contributed by atoms with van der Waals surface area (Å²) in [5.41, 5.74) is 0.882. The highest BCUT2D eigenvalue weighted by Gasteiger charge is 2.08. The number of ether oxygens (including phenoxy) is 1. The predicted molar refractivity (Wildman–Crippen MR) is 69.4 cm³/mol. The molecule has 2 rings (SSSR count). The second-order valence-corrected chi connectivity index (χ2v) is 4.19. The lowest BCUT2D eigenvalue weighted by Gasteiger charge is -2.12. The molecule has 0 radical (unpaired) electrons. The Morgan fingerprint density at radius 3 is 2.72 bits per heavy atom. The normalized spacial score (nSPS) is 12.3. The van der Waals surface area contributed by atoms with Gasteiger partial charge in [0.2, 0.25) is 0 Å². The number of aromatic nitrogens is 2. The fourth-order valence-corrected chi connectivity index (χ4v) is 1.71. The van der Waals surface area contributed by atoms with Crippen molar-refractivity contribution < 1.29 is 9.84 Å². The third-order valence-corrected chi connectivity index (χ3v) is 2.68. The average Bonchev–Trinajstić information content (AvgIpc) is 2.89. The molecule has 0 aliphatic rings. The Labute approximate surface area is 107 Å². The largest absolute Gasteiger partial charge is 0.494 e. The van der Waals surface area contributed by atoms with Crippen LogP contribution in [0.5, 0.6) is 5.75 Å². The van der Waals surface area contributed by atoms with Crippen LogP contribution in [0.4, 0.5) is 0 Å². The van der Waals surface area contributed by atoms with E-state index in [1.54, 1.807) is 12.5 Å². The third kappa shape index (κ3) is 3.34. The van der Waals surface area contributed by atoms with E-state index in [0.717, 1.165) is 24.3 Å². The Kier molecular flexibility index (Phi) is 4.36. The summed E-state index contributed by atoms with van der Waals surface area (Å²) in [6.07, 6.45) is 5.70. The van der Waals surface area contributed by atoms with Crippen LogP contribution in [-0.2, 0) is 6.54 Å². The summed E-state index contributed by atoms with van der Waals surface area (Å²) in [7, 11) is 0. The zero-order valence-corrected chi connectivity index (χ0v) is 10.5. The summed E-state index contributed by atoms with van der Waals surface area (Å²) in [6.45, 7) is 3.30. The average molecular weight is 246 g/mol. The van der Waals surface area contributed by atoms with E-state index in [1.807, 2.05) is 35.0 Å². The molecule has 1 unspecified atom stereocenters. The maximum absolute atomic E-state index is 10.1.